The summed E-state index contributed by atoms with van der Waals surface area (Å²) >= 11 is 0. The topological polar surface area (TPSA) is 84.3 Å². The normalized spacial score (nSPS) is 10.5. The molecule has 6 nitrogen and oxygen atoms in total. The van der Waals surface area contributed by atoms with Crippen LogP contribution in [0, 0.1) is 0 Å². The van der Waals surface area contributed by atoms with Gasteiger partial charge in [0.05, 0.1) is 6.61 Å². The van der Waals surface area contributed by atoms with Gasteiger partial charge >= 0.3 is 5.97 Å². The van der Waals surface area contributed by atoms with Crippen molar-refractivity contribution < 1.29 is 14.6 Å². The van der Waals surface area contributed by atoms with Crippen molar-refractivity contribution in [3.05, 3.63) is 41.6 Å². The van der Waals surface area contributed by atoms with Crippen LogP contribution in [0.1, 0.15) is 22.8 Å². The van der Waals surface area contributed by atoms with Crippen LogP contribution in [0.5, 0.6) is 0 Å². The average molecular weight is 301 g/mol. The van der Waals surface area contributed by atoms with Gasteiger partial charge in [-0.15, -0.1) is 0 Å². The van der Waals surface area contributed by atoms with Gasteiger partial charge in [0.15, 0.2) is 5.82 Å². The lowest BCUT2D eigenvalue weighted by atomic mass is 10.1. The maximum Gasteiger partial charge on any atom is 0.341 e. The van der Waals surface area contributed by atoms with E-state index in [-0.39, 0.29) is 5.56 Å². The second-order valence-corrected chi connectivity index (χ2v) is 4.73. The van der Waals surface area contributed by atoms with Crippen LogP contribution in [-0.4, -0.2) is 41.3 Å². The van der Waals surface area contributed by atoms with Crippen molar-refractivity contribution in [1.29, 1.82) is 0 Å². The highest BCUT2D eigenvalue weighted by Gasteiger charge is 2.14. The van der Waals surface area contributed by atoms with Gasteiger partial charge in [0.1, 0.15) is 11.4 Å². The number of anilines is 1. The van der Waals surface area contributed by atoms with Gasteiger partial charge in [-0.05, 0) is 12.0 Å². The standard InChI is InChI=1S/C16H19N3O3/c1-3-11-4-6-12(7-5-11)14-18-10-13(16(20)21)15(19-14)17-8-9-22-2/h4-7,10H,3,8-9H2,1-2H3,(H,20,21)(H,17,18,19). The monoisotopic (exact) mass is 301 g/mol. The molecule has 2 rings (SSSR count). The van der Waals surface area contributed by atoms with Crippen LogP contribution in [0.2, 0.25) is 0 Å². The molecule has 0 fully saturated rings. The zero-order valence-corrected chi connectivity index (χ0v) is 12.7. The second-order valence-electron chi connectivity index (χ2n) is 4.73. The highest BCUT2D eigenvalue weighted by molar-refractivity contribution is 5.93. The molecule has 0 radical (unpaired) electrons. The van der Waals surface area contributed by atoms with E-state index in [2.05, 4.69) is 22.2 Å². The van der Waals surface area contributed by atoms with Gasteiger partial charge in [0.2, 0.25) is 0 Å². The van der Waals surface area contributed by atoms with Crippen molar-refractivity contribution in [3.63, 3.8) is 0 Å². The Morgan fingerprint density at radius 2 is 2.05 bits per heavy atom. The van der Waals surface area contributed by atoms with Crippen LogP contribution in [-0.2, 0) is 11.2 Å². The van der Waals surface area contributed by atoms with E-state index in [9.17, 15) is 9.90 Å². The molecule has 2 N–H and O–H groups in total. The first-order valence-electron chi connectivity index (χ1n) is 7.08. The molecule has 0 atom stereocenters. The summed E-state index contributed by atoms with van der Waals surface area (Å²) in [4.78, 5) is 19.7. The number of carboxylic acids is 1. The number of ether oxygens (including phenoxy) is 1. The predicted octanol–water partition coefficient (Wildman–Crippen LogP) is 2.46. The fourth-order valence-electron chi connectivity index (χ4n) is 1.97. The van der Waals surface area contributed by atoms with E-state index in [4.69, 9.17) is 4.74 Å². The lowest BCUT2D eigenvalue weighted by Gasteiger charge is -2.10. The zero-order chi connectivity index (χ0) is 15.9. The van der Waals surface area contributed by atoms with Gasteiger partial charge in [0, 0.05) is 25.4 Å². The van der Waals surface area contributed by atoms with Crippen LogP contribution in [0.4, 0.5) is 5.82 Å². The number of aromatic carboxylic acids is 1. The van der Waals surface area contributed by atoms with Gasteiger partial charge in [0.25, 0.3) is 0 Å². The second kappa shape index (κ2) is 7.51. The van der Waals surface area contributed by atoms with Crippen LogP contribution in [0.3, 0.4) is 0 Å². The molecule has 0 bridgehead atoms. The summed E-state index contributed by atoms with van der Waals surface area (Å²) in [5.41, 5.74) is 2.12. The van der Waals surface area contributed by atoms with E-state index < -0.39 is 5.97 Å². The summed E-state index contributed by atoms with van der Waals surface area (Å²) in [5.74, 6) is -0.269. The Bertz CT molecular complexity index is 642. The lowest BCUT2D eigenvalue weighted by molar-refractivity contribution is 0.0697. The summed E-state index contributed by atoms with van der Waals surface area (Å²) in [7, 11) is 1.58. The molecule has 0 unspecified atom stereocenters. The van der Waals surface area contributed by atoms with E-state index >= 15 is 0 Å². The first kappa shape index (κ1) is 15.9. The smallest absolute Gasteiger partial charge is 0.341 e. The first-order valence-corrected chi connectivity index (χ1v) is 7.08. The number of benzene rings is 1. The highest BCUT2D eigenvalue weighted by atomic mass is 16.5. The quantitative estimate of drug-likeness (QED) is 0.764. The molecule has 0 saturated heterocycles. The molecule has 116 valence electrons. The molecular formula is C16H19N3O3. The number of rotatable bonds is 7. The van der Waals surface area contributed by atoms with Gasteiger partial charge < -0.3 is 15.2 Å². The van der Waals surface area contributed by atoms with Gasteiger partial charge in [-0.25, -0.2) is 14.8 Å². The third-order valence-corrected chi connectivity index (χ3v) is 3.24. The number of hydrogen-bond acceptors (Lipinski definition) is 5. The predicted molar refractivity (Wildman–Crippen MR) is 84.2 cm³/mol. The molecule has 2 aromatic rings. The average Bonchev–Trinajstić information content (AvgIpc) is 2.55. The molecule has 0 amide bonds. The van der Waals surface area contributed by atoms with Crippen molar-refractivity contribution in [2.75, 3.05) is 25.6 Å². The first-order chi connectivity index (χ1) is 10.7. The van der Waals surface area contributed by atoms with Gasteiger partial charge in [-0.3, -0.25) is 0 Å². The van der Waals surface area contributed by atoms with E-state index in [0.29, 0.717) is 24.8 Å². The molecule has 22 heavy (non-hydrogen) atoms. The van der Waals surface area contributed by atoms with Crippen molar-refractivity contribution in [2.45, 2.75) is 13.3 Å². The summed E-state index contributed by atoms with van der Waals surface area (Å²) in [6.45, 7) is 3.02. The van der Waals surface area contributed by atoms with E-state index in [0.717, 1.165) is 12.0 Å². The summed E-state index contributed by atoms with van der Waals surface area (Å²) in [6, 6.07) is 7.91. The Balaban J connectivity index is 2.31. The molecule has 0 aliphatic heterocycles. The molecular weight excluding hydrogens is 282 g/mol. The number of hydrogen-bond donors (Lipinski definition) is 2. The lowest BCUT2D eigenvalue weighted by Crippen LogP contribution is -2.14. The number of aryl methyl sites for hydroxylation is 1. The number of aromatic nitrogens is 2. The zero-order valence-electron chi connectivity index (χ0n) is 12.7. The maximum atomic E-state index is 11.2. The minimum atomic E-state index is -1.06. The van der Waals surface area contributed by atoms with Gasteiger partial charge in [-0.1, -0.05) is 31.2 Å². The third-order valence-electron chi connectivity index (χ3n) is 3.24. The largest absolute Gasteiger partial charge is 0.477 e. The van der Waals surface area contributed by atoms with Crippen LogP contribution < -0.4 is 5.32 Å². The molecule has 1 heterocycles. The fraction of sp³-hybridized carbons (Fsp3) is 0.312. The summed E-state index contributed by atoms with van der Waals surface area (Å²) < 4.78 is 4.95. The van der Waals surface area contributed by atoms with E-state index in [1.54, 1.807) is 7.11 Å². The minimum Gasteiger partial charge on any atom is -0.477 e. The Morgan fingerprint density at radius 1 is 1.32 bits per heavy atom. The number of methoxy groups -OCH3 is 1. The molecule has 0 aliphatic carbocycles. The van der Waals surface area contributed by atoms with E-state index in [1.807, 2.05) is 24.3 Å². The molecule has 1 aromatic heterocycles. The van der Waals surface area contributed by atoms with Crippen molar-refractivity contribution >= 4 is 11.8 Å². The molecule has 6 heteroatoms. The Hall–Kier alpha value is -2.47. The fourth-order valence-corrected chi connectivity index (χ4v) is 1.97. The summed E-state index contributed by atoms with van der Waals surface area (Å²) in [5, 5.41) is 12.2. The molecule has 0 aliphatic rings. The number of carbonyl (C=O) groups is 1. The van der Waals surface area contributed by atoms with Crippen LogP contribution in [0.15, 0.2) is 30.5 Å². The van der Waals surface area contributed by atoms with Crippen LogP contribution in [0.25, 0.3) is 11.4 Å². The maximum absolute atomic E-state index is 11.2. The molecule has 1 aromatic carbocycles. The Morgan fingerprint density at radius 3 is 2.64 bits per heavy atom. The number of carboxylic acid groups (broad SMARTS) is 1. The minimum absolute atomic E-state index is 0.0463. The van der Waals surface area contributed by atoms with Crippen molar-refractivity contribution in [1.82, 2.24) is 9.97 Å². The summed E-state index contributed by atoms with van der Waals surface area (Å²) in [6.07, 6.45) is 2.29. The van der Waals surface area contributed by atoms with Crippen molar-refractivity contribution in [2.24, 2.45) is 0 Å². The Labute approximate surface area is 129 Å². The number of nitrogens with zero attached hydrogens (tertiary/aromatic N) is 2. The third kappa shape index (κ3) is 3.79. The Kier molecular flexibility index (Phi) is 5.43. The molecule has 0 spiro atoms. The van der Waals surface area contributed by atoms with Crippen molar-refractivity contribution in [3.8, 4) is 11.4 Å². The van der Waals surface area contributed by atoms with Crippen LogP contribution >= 0.6 is 0 Å². The van der Waals surface area contributed by atoms with Gasteiger partial charge in [-0.2, -0.15) is 0 Å². The molecule has 0 saturated carbocycles. The number of nitrogens with one attached hydrogen (secondary N) is 1. The highest BCUT2D eigenvalue weighted by Crippen LogP contribution is 2.20. The van der Waals surface area contributed by atoms with E-state index in [1.165, 1.54) is 11.8 Å². The SMILES string of the molecule is CCc1ccc(-c2ncc(C(=O)O)c(NCCOC)n2)cc1.